The molecule has 0 radical (unpaired) electrons. The van der Waals surface area contributed by atoms with Gasteiger partial charge in [-0.15, -0.1) is 0 Å². The highest BCUT2D eigenvalue weighted by Gasteiger charge is 2.35. The Hall–Kier alpha value is -1.39. The third-order valence-electron chi connectivity index (χ3n) is 5.75. The molecular formula is C20H29N3O. The van der Waals surface area contributed by atoms with Crippen LogP contribution in [0, 0.1) is 5.92 Å². The fourth-order valence-electron chi connectivity index (χ4n) is 4.25. The van der Waals surface area contributed by atoms with Gasteiger partial charge in [-0.1, -0.05) is 30.3 Å². The molecule has 0 unspecified atom stereocenters. The van der Waals surface area contributed by atoms with Gasteiger partial charge in [-0.2, -0.15) is 0 Å². The van der Waals surface area contributed by atoms with Gasteiger partial charge in [-0.25, -0.2) is 0 Å². The summed E-state index contributed by atoms with van der Waals surface area (Å²) >= 11 is 0. The monoisotopic (exact) mass is 327 g/mol. The quantitative estimate of drug-likeness (QED) is 0.901. The van der Waals surface area contributed by atoms with Crippen LogP contribution in [0.1, 0.15) is 37.7 Å². The van der Waals surface area contributed by atoms with Crippen molar-refractivity contribution in [3.63, 3.8) is 0 Å². The van der Waals surface area contributed by atoms with E-state index in [-0.39, 0.29) is 11.8 Å². The summed E-state index contributed by atoms with van der Waals surface area (Å²) in [5.74, 6) is 0.452. The molecule has 4 rings (SSSR count). The Bertz CT molecular complexity index is 557. The van der Waals surface area contributed by atoms with Crippen molar-refractivity contribution in [2.75, 3.05) is 26.2 Å². The number of nitrogens with zero attached hydrogens (tertiary/aromatic N) is 2. The van der Waals surface area contributed by atoms with Gasteiger partial charge in [0.15, 0.2) is 0 Å². The Labute approximate surface area is 145 Å². The lowest BCUT2D eigenvalue weighted by Crippen LogP contribution is -2.46. The van der Waals surface area contributed by atoms with Gasteiger partial charge < -0.3 is 5.32 Å². The molecular weight excluding hydrogens is 298 g/mol. The summed E-state index contributed by atoms with van der Waals surface area (Å²) in [5.41, 5.74) is 1.34. The number of hydrogen-bond donors (Lipinski definition) is 1. The molecule has 0 spiro atoms. The molecule has 3 aliphatic rings. The van der Waals surface area contributed by atoms with Gasteiger partial charge in [0.2, 0.25) is 5.91 Å². The van der Waals surface area contributed by atoms with E-state index in [9.17, 15) is 4.79 Å². The maximum atomic E-state index is 12.7. The maximum absolute atomic E-state index is 12.7. The van der Waals surface area contributed by atoms with Crippen LogP contribution in [-0.4, -0.2) is 54.0 Å². The average molecular weight is 327 g/mol. The molecule has 130 valence electrons. The van der Waals surface area contributed by atoms with Crippen LogP contribution in [0.25, 0.3) is 0 Å². The molecule has 24 heavy (non-hydrogen) atoms. The van der Waals surface area contributed by atoms with Crippen molar-refractivity contribution in [1.29, 1.82) is 0 Å². The fraction of sp³-hybridized carbons (Fsp3) is 0.650. The van der Waals surface area contributed by atoms with Gasteiger partial charge in [0.05, 0.1) is 5.92 Å². The number of likely N-dealkylation sites (tertiary alicyclic amines) is 2. The van der Waals surface area contributed by atoms with E-state index in [1.165, 1.54) is 24.9 Å². The summed E-state index contributed by atoms with van der Waals surface area (Å²) in [6.45, 7) is 5.21. The third kappa shape index (κ3) is 3.98. The topological polar surface area (TPSA) is 35.6 Å². The number of carbonyl (C=O) groups is 1. The van der Waals surface area contributed by atoms with E-state index in [4.69, 9.17) is 0 Å². The Balaban J connectivity index is 1.26. The lowest BCUT2D eigenvalue weighted by atomic mass is 9.96. The molecule has 1 aliphatic carbocycles. The lowest BCUT2D eigenvalue weighted by molar-refractivity contribution is -0.127. The fourth-order valence-corrected chi connectivity index (χ4v) is 4.25. The van der Waals surface area contributed by atoms with Gasteiger partial charge in [-0.3, -0.25) is 14.6 Å². The number of carbonyl (C=O) groups excluding carboxylic acids is 1. The Morgan fingerprint density at radius 3 is 2.67 bits per heavy atom. The predicted octanol–water partition coefficient (Wildman–Crippen LogP) is 2.25. The summed E-state index contributed by atoms with van der Waals surface area (Å²) in [6.07, 6.45) is 6.01. The number of piperidine rings is 1. The largest absolute Gasteiger partial charge is 0.352 e. The molecule has 1 saturated carbocycles. The minimum atomic E-state index is 0.164. The molecule has 2 atom stereocenters. The van der Waals surface area contributed by atoms with Crippen molar-refractivity contribution >= 4 is 5.91 Å². The summed E-state index contributed by atoms with van der Waals surface area (Å²) in [7, 11) is 0. The van der Waals surface area contributed by atoms with Crippen LogP contribution in [0.15, 0.2) is 30.3 Å². The summed E-state index contributed by atoms with van der Waals surface area (Å²) in [6, 6.07) is 11.8. The van der Waals surface area contributed by atoms with Crippen LogP contribution < -0.4 is 5.32 Å². The zero-order chi connectivity index (χ0) is 16.4. The second-order valence-corrected chi connectivity index (χ2v) is 7.78. The Morgan fingerprint density at radius 2 is 1.88 bits per heavy atom. The Morgan fingerprint density at radius 1 is 1.04 bits per heavy atom. The van der Waals surface area contributed by atoms with Gasteiger partial charge in [-0.05, 0) is 44.2 Å². The molecule has 0 bridgehead atoms. The molecule has 1 N–H and O–H groups in total. The standard InChI is InChI=1S/C20H29N3O/c24-20(21-18-10-12-23(15-18)19-8-9-19)17-7-4-11-22(14-17)13-16-5-2-1-3-6-16/h1-3,5-6,17-19H,4,7-15H2,(H,21,24)/t17-,18-/m0/s1. The van der Waals surface area contributed by atoms with Crippen molar-refractivity contribution in [2.24, 2.45) is 5.92 Å². The van der Waals surface area contributed by atoms with Crippen molar-refractivity contribution < 1.29 is 4.79 Å². The molecule has 1 aromatic carbocycles. The first-order valence-electron chi connectivity index (χ1n) is 9.58. The molecule has 0 aromatic heterocycles. The molecule has 1 amide bonds. The second kappa shape index (κ2) is 7.24. The van der Waals surface area contributed by atoms with E-state index in [2.05, 4.69) is 45.4 Å². The van der Waals surface area contributed by atoms with Crippen LogP contribution in [0.5, 0.6) is 0 Å². The van der Waals surface area contributed by atoms with Gasteiger partial charge in [0.1, 0.15) is 0 Å². The van der Waals surface area contributed by atoms with Crippen molar-refractivity contribution in [3.8, 4) is 0 Å². The maximum Gasteiger partial charge on any atom is 0.224 e. The van der Waals surface area contributed by atoms with Crippen LogP contribution in [-0.2, 0) is 11.3 Å². The zero-order valence-electron chi connectivity index (χ0n) is 14.5. The van der Waals surface area contributed by atoms with E-state index in [0.29, 0.717) is 6.04 Å². The third-order valence-corrected chi connectivity index (χ3v) is 5.75. The summed E-state index contributed by atoms with van der Waals surface area (Å²) < 4.78 is 0. The summed E-state index contributed by atoms with van der Waals surface area (Å²) in [4.78, 5) is 17.7. The number of amides is 1. The first-order valence-corrected chi connectivity index (χ1v) is 9.58. The number of benzene rings is 1. The highest BCUT2D eigenvalue weighted by Crippen LogP contribution is 2.30. The van der Waals surface area contributed by atoms with E-state index < -0.39 is 0 Å². The molecule has 2 saturated heterocycles. The zero-order valence-corrected chi connectivity index (χ0v) is 14.5. The van der Waals surface area contributed by atoms with E-state index >= 15 is 0 Å². The SMILES string of the molecule is O=C(N[C@H]1CCN(C2CC2)C1)[C@H]1CCCN(Cc2ccccc2)C1. The predicted molar refractivity (Wildman–Crippen MR) is 95.6 cm³/mol. The van der Waals surface area contributed by atoms with Gasteiger partial charge in [0.25, 0.3) is 0 Å². The Kier molecular flexibility index (Phi) is 4.86. The number of rotatable bonds is 5. The second-order valence-electron chi connectivity index (χ2n) is 7.78. The normalized spacial score (nSPS) is 28.8. The first-order chi connectivity index (χ1) is 11.8. The first kappa shape index (κ1) is 16.1. The molecule has 2 heterocycles. The van der Waals surface area contributed by atoms with Crippen LogP contribution in [0.3, 0.4) is 0 Å². The van der Waals surface area contributed by atoms with Crippen LogP contribution in [0.2, 0.25) is 0 Å². The van der Waals surface area contributed by atoms with Crippen molar-refractivity contribution in [3.05, 3.63) is 35.9 Å². The highest BCUT2D eigenvalue weighted by atomic mass is 16.2. The lowest BCUT2D eigenvalue weighted by Gasteiger charge is -2.32. The van der Waals surface area contributed by atoms with E-state index in [1.54, 1.807) is 0 Å². The van der Waals surface area contributed by atoms with Gasteiger partial charge in [0, 0.05) is 38.3 Å². The minimum Gasteiger partial charge on any atom is -0.352 e. The van der Waals surface area contributed by atoms with Crippen molar-refractivity contribution in [1.82, 2.24) is 15.1 Å². The molecule has 3 fully saturated rings. The van der Waals surface area contributed by atoms with E-state index in [0.717, 1.165) is 51.5 Å². The average Bonchev–Trinajstić information content (AvgIpc) is 3.36. The number of nitrogens with one attached hydrogen (secondary N) is 1. The van der Waals surface area contributed by atoms with Crippen LogP contribution >= 0.6 is 0 Å². The van der Waals surface area contributed by atoms with Crippen LogP contribution in [0.4, 0.5) is 0 Å². The van der Waals surface area contributed by atoms with Crippen molar-refractivity contribution in [2.45, 2.75) is 50.7 Å². The van der Waals surface area contributed by atoms with Gasteiger partial charge >= 0.3 is 0 Å². The molecule has 4 nitrogen and oxygen atoms in total. The summed E-state index contributed by atoms with van der Waals surface area (Å²) in [5, 5.41) is 3.34. The minimum absolute atomic E-state index is 0.164. The number of hydrogen-bond acceptors (Lipinski definition) is 3. The molecule has 1 aromatic rings. The van der Waals surface area contributed by atoms with E-state index in [1.807, 2.05) is 0 Å². The smallest absolute Gasteiger partial charge is 0.224 e. The molecule has 2 aliphatic heterocycles. The highest BCUT2D eigenvalue weighted by molar-refractivity contribution is 5.79. The molecule has 4 heteroatoms.